The van der Waals surface area contributed by atoms with E-state index in [2.05, 4.69) is 30.7 Å². The first kappa shape index (κ1) is 8.67. The van der Waals surface area contributed by atoms with E-state index in [1.54, 1.807) is 0 Å². The highest BCUT2D eigenvalue weighted by atomic mass is 31.1. The molecule has 2 unspecified atom stereocenters. The van der Waals surface area contributed by atoms with E-state index in [1.165, 1.54) is 5.56 Å². The molecule has 0 spiro atoms. The first-order valence-electron chi connectivity index (χ1n) is 3.84. The number of pyridine rings is 1. The van der Waals surface area contributed by atoms with Crippen molar-refractivity contribution in [2.45, 2.75) is 19.5 Å². The van der Waals surface area contributed by atoms with Crippen LogP contribution in [0.4, 0.5) is 0 Å². The van der Waals surface area contributed by atoms with Gasteiger partial charge in [-0.1, -0.05) is 13.0 Å². The van der Waals surface area contributed by atoms with Gasteiger partial charge in [0, 0.05) is 11.9 Å². The molecule has 0 amide bonds. The van der Waals surface area contributed by atoms with Gasteiger partial charge >= 0.3 is 0 Å². The first-order chi connectivity index (χ1) is 5.24. The molecule has 0 aliphatic rings. The van der Waals surface area contributed by atoms with Crippen molar-refractivity contribution >= 4 is 8.58 Å². The number of hydrogen-bond donors (Lipinski definition) is 0. The lowest BCUT2D eigenvalue weighted by molar-refractivity contribution is 1.05. The van der Waals surface area contributed by atoms with Crippen LogP contribution in [0.1, 0.15) is 23.8 Å². The Morgan fingerprint density at radius 1 is 1.45 bits per heavy atom. The molecule has 0 saturated carbocycles. The topological polar surface area (TPSA) is 12.9 Å². The third-order valence-electron chi connectivity index (χ3n) is 1.87. The third-order valence-corrected chi connectivity index (χ3v) is 3.07. The largest absolute Gasteiger partial charge is 0.261 e. The highest BCUT2D eigenvalue weighted by Gasteiger charge is 2.00. The Balaban J connectivity index is 2.81. The maximum atomic E-state index is 4.25. The summed E-state index contributed by atoms with van der Waals surface area (Å²) in [4.78, 5) is 4.25. The van der Waals surface area contributed by atoms with Gasteiger partial charge in [-0.2, -0.15) is 0 Å². The maximum Gasteiger partial charge on any atom is 0.0372 e. The van der Waals surface area contributed by atoms with Crippen molar-refractivity contribution in [3.05, 3.63) is 29.6 Å². The van der Waals surface area contributed by atoms with Crippen LogP contribution in [-0.2, 0) is 0 Å². The summed E-state index contributed by atoms with van der Waals surface area (Å²) in [5.74, 6) is 0. The van der Waals surface area contributed by atoms with E-state index < -0.39 is 0 Å². The summed E-state index contributed by atoms with van der Waals surface area (Å²) in [6.45, 7) is 6.48. The summed E-state index contributed by atoms with van der Waals surface area (Å²) in [6.07, 6.45) is 1.98. The quantitative estimate of drug-likeness (QED) is 0.617. The molecule has 1 heterocycles. The van der Waals surface area contributed by atoms with Crippen LogP contribution in [0.2, 0.25) is 0 Å². The van der Waals surface area contributed by atoms with E-state index in [1.807, 2.05) is 13.1 Å². The Bertz CT molecular complexity index is 218. The molecule has 1 nitrogen and oxygen atoms in total. The Morgan fingerprint density at radius 3 is 2.64 bits per heavy atom. The van der Waals surface area contributed by atoms with E-state index in [4.69, 9.17) is 0 Å². The molecule has 0 fully saturated rings. The molecular formula is C9H14NP. The van der Waals surface area contributed by atoms with E-state index in [0.717, 1.165) is 14.3 Å². The number of rotatable bonds is 2. The molecule has 0 N–H and O–H groups in total. The van der Waals surface area contributed by atoms with E-state index in [0.29, 0.717) is 5.66 Å². The summed E-state index contributed by atoms with van der Waals surface area (Å²) < 4.78 is 0. The molecule has 0 radical (unpaired) electrons. The van der Waals surface area contributed by atoms with Crippen molar-refractivity contribution in [1.29, 1.82) is 0 Å². The van der Waals surface area contributed by atoms with E-state index in [9.17, 15) is 0 Å². The molecule has 11 heavy (non-hydrogen) atoms. The summed E-state index contributed by atoms with van der Waals surface area (Å²) in [5.41, 5.74) is 3.12. The molecule has 0 aromatic carbocycles. The zero-order valence-corrected chi connectivity index (χ0v) is 8.26. The van der Waals surface area contributed by atoms with Crippen molar-refractivity contribution in [3.63, 3.8) is 0 Å². The van der Waals surface area contributed by atoms with Gasteiger partial charge in [0.25, 0.3) is 0 Å². The Morgan fingerprint density at radius 2 is 2.18 bits per heavy atom. The van der Waals surface area contributed by atoms with Crippen LogP contribution in [0, 0.1) is 6.92 Å². The molecule has 2 atom stereocenters. The van der Waals surface area contributed by atoms with Crippen LogP contribution in [0.25, 0.3) is 0 Å². The maximum absolute atomic E-state index is 4.25. The normalized spacial score (nSPS) is 14.1. The predicted octanol–water partition coefficient (Wildman–Crippen LogP) is 2.76. The number of nitrogens with zero attached hydrogens (tertiary/aromatic N) is 1. The van der Waals surface area contributed by atoms with Crippen molar-refractivity contribution in [3.8, 4) is 0 Å². The van der Waals surface area contributed by atoms with Gasteiger partial charge < -0.3 is 0 Å². The molecule has 1 aromatic heterocycles. The van der Waals surface area contributed by atoms with Gasteiger partial charge in [-0.05, 0) is 30.9 Å². The summed E-state index contributed by atoms with van der Waals surface area (Å²) in [5, 5.41) is 0. The fourth-order valence-electron chi connectivity index (χ4n) is 0.902. The molecule has 0 aliphatic carbocycles. The average Bonchev–Trinajstić information content (AvgIpc) is 2.05. The van der Waals surface area contributed by atoms with Gasteiger partial charge in [-0.15, -0.1) is 8.58 Å². The minimum atomic E-state index is 0.670. The molecule has 60 valence electrons. The van der Waals surface area contributed by atoms with Gasteiger partial charge in [-0.3, -0.25) is 4.98 Å². The molecule has 0 saturated heterocycles. The third kappa shape index (κ3) is 2.27. The lowest BCUT2D eigenvalue weighted by Gasteiger charge is -2.07. The van der Waals surface area contributed by atoms with Crippen molar-refractivity contribution in [1.82, 2.24) is 4.98 Å². The zero-order chi connectivity index (χ0) is 8.27. The van der Waals surface area contributed by atoms with Crippen LogP contribution in [0.15, 0.2) is 18.3 Å². The van der Waals surface area contributed by atoms with Gasteiger partial charge in [0.15, 0.2) is 0 Å². The molecule has 0 aliphatic heterocycles. The molecule has 2 heteroatoms. The van der Waals surface area contributed by atoms with Crippen LogP contribution in [-0.4, -0.2) is 11.6 Å². The van der Waals surface area contributed by atoms with E-state index in [-0.39, 0.29) is 0 Å². The fraction of sp³-hybridized carbons (Fsp3) is 0.444. The van der Waals surface area contributed by atoms with Gasteiger partial charge in [-0.25, -0.2) is 0 Å². The number of hydrogen-bond acceptors (Lipinski definition) is 1. The Kier molecular flexibility index (Phi) is 3.02. The van der Waals surface area contributed by atoms with Crippen LogP contribution >= 0.6 is 8.58 Å². The second kappa shape index (κ2) is 3.82. The van der Waals surface area contributed by atoms with Gasteiger partial charge in [0.1, 0.15) is 0 Å². The highest BCUT2D eigenvalue weighted by molar-refractivity contribution is 7.37. The first-order valence-corrected chi connectivity index (χ1v) is 5.41. The number of aryl methyl sites for hydroxylation is 1. The predicted molar refractivity (Wildman–Crippen MR) is 51.6 cm³/mol. The van der Waals surface area contributed by atoms with E-state index >= 15 is 0 Å². The smallest absolute Gasteiger partial charge is 0.0372 e. The Hall–Kier alpha value is -0.420. The lowest BCUT2D eigenvalue weighted by Crippen LogP contribution is -1.88. The SMILES string of the molecule is CPC(C)c1ccc(C)nc1. The van der Waals surface area contributed by atoms with Gasteiger partial charge in [0.2, 0.25) is 0 Å². The summed E-state index contributed by atoms with van der Waals surface area (Å²) >= 11 is 0. The van der Waals surface area contributed by atoms with Crippen molar-refractivity contribution < 1.29 is 0 Å². The minimum absolute atomic E-state index is 0.670. The second-order valence-electron chi connectivity index (χ2n) is 2.74. The minimum Gasteiger partial charge on any atom is -0.261 e. The highest BCUT2D eigenvalue weighted by Crippen LogP contribution is 2.29. The summed E-state index contributed by atoms with van der Waals surface area (Å²) in [6, 6.07) is 4.25. The molecule has 1 rings (SSSR count). The average molecular weight is 167 g/mol. The lowest BCUT2D eigenvalue weighted by atomic mass is 10.2. The number of aromatic nitrogens is 1. The van der Waals surface area contributed by atoms with Crippen LogP contribution < -0.4 is 0 Å². The second-order valence-corrected chi connectivity index (χ2v) is 4.19. The van der Waals surface area contributed by atoms with Crippen LogP contribution in [0.5, 0.6) is 0 Å². The Labute approximate surface area is 70.0 Å². The molecular weight excluding hydrogens is 153 g/mol. The van der Waals surface area contributed by atoms with Crippen molar-refractivity contribution in [2.24, 2.45) is 0 Å². The van der Waals surface area contributed by atoms with Gasteiger partial charge in [0.05, 0.1) is 0 Å². The van der Waals surface area contributed by atoms with Crippen LogP contribution in [0.3, 0.4) is 0 Å². The summed E-state index contributed by atoms with van der Waals surface area (Å²) in [7, 11) is 0.966. The standard InChI is InChI=1S/C9H14NP/c1-7-4-5-9(6-10-7)8(2)11-3/h4-6,8,11H,1-3H3. The van der Waals surface area contributed by atoms with Crippen molar-refractivity contribution in [2.75, 3.05) is 6.66 Å². The fourth-order valence-corrected chi connectivity index (χ4v) is 1.41. The monoisotopic (exact) mass is 167 g/mol. The molecule has 1 aromatic rings. The molecule has 0 bridgehead atoms. The zero-order valence-electron chi connectivity index (χ0n) is 7.26.